The molecule has 140 valence electrons. The van der Waals surface area contributed by atoms with Gasteiger partial charge in [-0.3, -0.25) is 0 Å². The maximum absolute atomic E-state index is 9.59. The van der Waals surface area contributed by atoms with E-state index in [1.54, 1.807) is 0 Å². The van der Waals surface area contributed by atoms with Crippen LogP contribution in [-0.2, 0) is 5.41 Å². The Labute approximate surface area is 162 Å². The Bertz CT molecular complexity index is 914. The minimum absolute atomic E-state index is 0.244. The van der Waals surface area contributed by atoms with Crippen LogP contribution in [0.4, 0.5) is 0 Å². The van der Waals surface area contributed by atoms with E-state index in [1.165, 1.54) is 0 Å². The van der Waals surface area contributed by atoms with Gasteiger partial charge in [0.2, 0.25) is 0 Å². The van der Waals surface area contributed by atoms with Gasteiger partial charge in [-0.15, -0.1) is 0 Å². The predicted molar refractivity (Wildman–Crippen MR) is 113 cm³/mol. The van der Waals surface area contributed by atoms with Crippen molar-refractivity contribution in [1.82, 2.24) is 0 Å². The van der Waals surface area contributed by atoms with Gasteiger partial charge in [0.15, 0.2) is 0 Å². The van der Waals surface area contributed by atoms with Gasteiger partial charge in [0.05, 0.1) is 0 Å². The van der Waals surface area contributed by atoms with E-state index in [9.17, 15) is 9.79 Å². The summed E-state index contributed by atoms with van der Waals surface area (Å²) in [6.45, 7) is 8.45. The Balaban J connectivity index is 2.40. The van der Waals surface area contributed by atoms with E-state index >= 15 is 0 Å². The second-order valence-corrected chi connectivity index (χ2v) is 8.31. The van der Waals surface area contributed by atoms with Crippen molar-refractivity contribution in [2.24, 2.45) is 0 Å². The van der Waals surface area contributed by atoms with Crippen LogP contribution < -0.4 is 4.52 Å². The van der Waals surface area contributed by atoms with E-state index < -0.39 is 8.60 Å². The van der Waals surface area contributed by atoms with E-state index in [-0.39, 0.29) is 5.41 Å². The first-order chi connectivity index (χ1) is 12.8. The van der Waals surface area contributed by atoms with E-state index in [1.807, 2.05) is 42.5 Å². The third kappa shape index (κ3) is 4.22. The third-order valence-electron chi connectivity index (χ3n) is 4.63. The molecule has 2 N–H and O–H groups in total. The third-order valence-corrected chi connectivity index (χ3v) is 4.99. The molecule has 3 aromatic rings. The molecule has 0 saturated carbocycles. The van der Waals surface area contributed by atoms with E-state index in [2.05, 4.69) is 52.0 Å². The standard InChI is InChI=1S/C23H25O3P/c1-16-19(17-11-7-5-8-12-17)15-20(26-27(24)25)22(23(2,3)4)21(16)18-13-9-6-10-14-18/h5-15,24-25H,1-4H3. The summed E-state index contributed by atoms with van der Waals surface area (Å²) in [7, 11) is -2.51. The Kier molecular flexibility index (Phi) is 5.67. The molecule has 0 aromatic heterocycles. The van der Waals surface area contributed by atoms with Crippen molar-refractivity contribution in [3.8, 4) is 28.0 Å². The SMILES string of the molecule is Cc1c(-c2ccccc2)cc(OP(O)O)c(C(C)(C)C)c1-c1ccccc1. The maximum Gasteiger partial charge on any atom is 0.391 e. The molecule has 3 rings (SSSR count). The molecule has 3 nitrogen and oxygen atoms in total. The highest BCUT2D eigenvalue weighted by Crippen LogP contribution is 2.47. The first-order valence-electron chi connectivity index (χ1n) is 8.94. The Morgan fingerprint density at radius 2 is 1.33 bits per heavy atom. The second kappa shape index (κ2) is 7.82. The molecule has 0 unspecified atom stereocenters. The van der Waals surface area contributed by atoms with E-state index in [4.69, 9.17) is 4.52 Å². The minimum Gasteiger partial charge on any atom is -0.427 e. The molecule has 0 bridgehead atoms. The van der Waals surface area contributed by atoms with Gasteiger partial charge in [-0.2, -0.15) is 0 Å². The van der Waals surface area contributed by atoms with Crippen LogP contribution in [0.25, 0.3) is 22.3 Å². The highest BCUT2D eigenvalue weighted by atomic mass is 31.2. The molecule has 27 heavy (non-hydrogen) atoms. The summed E-state index contributed by atoms with van der Waals surface area (Å²) in [6.07, 6.45) is 0. The van der Waals surface area contributed by atoms with Crippen LogP contribution in [0.5, 0.6) is 5.75 Å². The van der Waals surface area contributed by atoms with Gasteiger partial charge in [0, 0.05) is 5.56 Å². The minimum atomic E-state index is -2.51. The molecule has 3 aromatic carbocycles. The topological polar surface area (TPSA) is 49.7 Å². The fourth-order valence-corrected chi connectivity index (χ4v) is 3.86. The molecule has 4 heteroatoms. The van der Waals surface area contributed by atoms with Gasteiger partial charge < -0.3 is 14.3 Å². The lowest BCUT2D eigenvalue weighted by Gasteiger charge is -2.29. The molecule has 0 atom stereocenters. The van der Waals surface area contributed by atoms with Gasteiger partial charge in [-0.05, 0) is 46.2 Å². The zero-order valence-electron chi connectivity index (χ0n) is 16.1. The predicted octanol–water partition coefficient (Wildman–Crippen LogP) is 6.22. The molecule has 0 amide bonds. The molecule has 0 fully saturated rings. The molecule has 0 saturated heterocycles. The van der Waals surface area contributed by atoms with Crippen LogP contribution in [0.15, 0.2) is 66.7 Å². The Morgan fingerprint density at radius 1 is 0.815 bits per heavy atom. The average molecular weight is 380 g/mol. The summed E-state index contributed by atoms with van der Waals surface area (Å²) >= 11 is 0. The van der Waals surface area contributed by atoms with Crippen molar-refractivity contribution in [2.75, 3.05) is 0 Å². The lowest BCUT2D eigenvalue weighted by molar-refractivity contribution is 0.370. The van der Waals surface area contributed by atoms with Crippen LogP contribution >= 0.6 is 8.60 Å². The van der Waals surface area contributed by atoms with Crippen LogP contribution in [0.2, 0.25) is 0 Å². The molecule has 0 aliphatic carbocycles. The molecular formula is C23H25O3P. The average Bonchev–Trinajstić information content (AvgIpc) is 2.62. The highest BCUT2D eigenvalue weighted by Gasteiger charge is 2.28. The summed E-state index contributed by atoms with van der Waals surface area (Å²) in [5.41, 5.74) is 6.13. The van der Waals surface area contributed by atoms with Gasteiger partial charge >= 0.3 is 8.60 Å². The summed E-state index contributed by atoms with van der Waals surface area (Å²) in [5.74, 6) is 0.516. The van der Waals surface area contributed by atoms with Crippen molar-refractivity contribution in [1.29, 1.82) is 0 Å². The Morgan fingerprint density at radius 3 is 1.81 bits per heavy atom. The monoisotopic (exact) mass is 380 g/mol. The first-order valence-corrected chi connectivity index (χ1v) is 10.1. The summed E-state index contributed by atoms with van der Waals surface area (Å²) in [4.78, 5) is 19.2. The zero-order chi connectivity index (χ0) is 19.6. The van der Waals surface area contributed by atoms with Crippen LogP contribution in [0.3, 0.4) is 0 Å². The molecule has 0 heterocycles. The van der Waals surface area contributed by atoms with E-state index in [0.717, 1.165) is 33.4 Å². The maximum atomic E-state index is 9.59. The normalized spacial score (nSPS) is 11.7. The largest absolute Gasteiger partial charge is 0.427 e. The summed E-state index contributed by atoms with van der Waals surface area (Å²) < 4.78 is 5.53. The smallest absolute Gasteiger partial charge is 0.391 e. The second-order valence-electron chi connectivity index (χ2n) is 7.62. The van der Waals surface area contributed by atoms with Crippen molar-refractivity contribution in [2.45, 2.75) is 33.1 Å². The lowest BCUT2D eigenvalue weighted by atomic mass is 9.77. The highest BCUT2D eigenvalue weighted by molar-refractivity contribution is 7.39. The van der Waals surface area contributed by atoms with Gasteiger partial charge in [0.25, 0.3) is 0 Å². The van der Waals surface area contributed by atoms with Gasteiger partial charge in [-0.25, -0.2) is 0 Å². The quantitative estimate of drug-likeness (QED) is 0.529. The molecule has 0 aliphatic rings. The number of hydrogen-bond donors (Lipinski definition) is 2. The van der Waals surface area contributed by atoms with Crippen LogP contribution in [-0.4, -0.2) is 9.79 Å². The van der Waals surface area contributed by atoms with Crippen molar-refractivity contribution in [3.63, 3.8) is 0 Å². The molecule has 0 spiro atoms. The van der Waals surface area contributed by atoms with Gasteiger partial charge in [-0.1, -0.05) is 81.4 Å². The van der Waals surface area contributed by atoms with Crippen LogP contribution in [0, 0.1) is 6.92 Å². The molecule has 0 aliphatic heterocycles. The van der Waals surface area contributed by atoms with E-state index in [0.29, 0.717) is 5.75 Å². The van der Waals surface area contributed by atoms with Crippen molar-refractivity contribution >= 4 is 8.60 Å². The molecule has 0 radical (unpaired) electrons. The summed E-state index contributed by atoms with van der Waals surface area (Å²) in [5, 5.41) is 0. The number of hydrogen-bond acceptors (Lipinski definition) is 3. The van der Waals surface area contributed by atoms with Crippen LogP contribution in [0.1, 0.15) is 31.9 Å². The fraction of sp³-hybridized carbons (Fsp3) is 0.217. The Hall–Kier alpha value is -2.19. The number of benzene rings is 3. The van der Waals surface area contributed by atoms with Crippen molar-refractivity contribution in [3.05, 3.63) is 77.9 Å². The van der Waals surface area contributed by atoms with Crippen molar-refractivity contribution < 1.29 is 14.3 Å². The first kappa shape index (κ1) is 19.6. The molecular weight excluding hydrogens is 355 g/mol. The number of rotatable bonds is 4. The fourth-order valence-electron chi connectivity index (χ4n) is 3.54. The zero-order valence-corrected chi connectivity index (χ0v) is 17.0. The summed E-state index contributed by atoms with van der Waals surface area (Å²) in [6, 6.07) is 22.2. The lowest BCUT2D eigenvalue weighted by Crippen LogP contribution is -2.16. The van der Waals surface area contributed by atoms with Gasteiger partial charge in [0.1, 0.15) is 5.75 Å².